The minimum atomic E-state index is -0.198. The first-order valence-corrected chi connectivity index (χ1v) is 9.32. The van der Waals surface area contributed by atoms with Crippen molar-refractivity contribution < 1.29 is 9.59 Å². The van der Waals surface area contributed by atoms with Crippen molar-refractivity contribution in [2.24, 2.45) is 0 Å². The number of aromatic nitrogens is 2. The van der Waals surface area contributed by atoms with Gasteiger partial charge in [-0.05, 0) is 37.5 Å². The predicted octanol–water partition coefficient (Wildman–Crippen LogP) is 1.69. The molecule has 27 heavy (non-hydrogen) atoms. The Balaban J connectivity index is 1.57. The molecule has 7 nitrogen and oxygen atoms in total. The molecule has 0 unspecified atom stereocenters. The zero-order valence-electron chi connectivity index (χ0n) is 15.4. The summed E-state index contributed by atoms with van der Waals surface area (Å²) in [6.07, 6.45) is 2.16. The summed E-state index contributed by atoms with van der Waals surface area (Å²) < 4.78 is 1.33. The molecule has 0 aliphatic carbocycles. The van der Waals surface area contributed by atoms with Gasteiger partial charge in [0.1, 0.15) is 5.69 Å². The average Bonchev–Trinajstić information content (AvgIpc) is 2.70. The van der Waals surface area contributed by atoms with Crippen LogP contribution in [0.5, 0.6) is 0 Å². The number of nitrogens with zero attached hydrogens (tertiary/aromatic N) is 3. The number of rotatable bonds is 5. The first-order chi connectivity index (χ1) is 13.1. The fourth-order valence-corrected chi connectivity index (χ4v) is 3.18. The largest absolute Gasteiger partial charge is 0.349 e. The van der Waals surface area contributed by atoms with Crippen molar-refractivity contribution in [2.75, 3.05) is 13.1 Å². The maximum Gasteiger partial charge on any atom is 0.274 e. The van der Waals surface area contributed by atoms with E-state index in [1.165, 1.54) is 16.8 Å². The molecule has 3 rings (SSSR count). The van der Waals surface area contributed by atoms with E-state index in [0.717, 1.165) is 6.42 Å². The fourth-order valence-electron chi connectivity index (χ4n) is 3.18. The highest BCUT2D eigenvalue weighted by Crippen LogP contribution is 2.13. The lowest BCUT2D eigenvalue weighted by atomic mass is 10.0. The highest BCUT2D eigenvalue weighted by molar-refractivity contribution is 5.94. The van der Waals surface area contributed by atoms with Crippen LogP contribution in [-0.2, 0) is 6.54 Å². The summed E-state index contributed by atoms with van der Waals surface area (Å²) in [6, 6.07) is 12.0. The molecule has 1 aromatic carbocycles. The number of carbonyl (C=O) groups is 2. The van der Waals surface area contributed by atoms with Crippen LogP contribution in [0, 0.1) is 0 Å². The lowest BCUT2D eigenvalue weighted by Crippen LogP contribution is -2.47. The van der Waals surface area contributed by atoms with Gasteiger partial charge < -0.3 is 10.2 Å². The van der Waals surface area contributed by atoms with Crippen molar-refractivity contribution in [3.05, 3.63) is 64.1 Å². The molecular weight excluding hydrogens is 344 g/mol. The van der Waals surface area contributed by atoms with Crippen molar-refractivity contribution in [1.29, 1.82) is 0 Å². The molecule has 2 aromatic rings. The van der Waals surface area contributed by atoms with Gasteiger partial charge in [0.05, 0.1) is 0 Å². The standard InChI is InChI=1S/C20H24N4O3/c1-2-12-24-18(25)9-8-17(22-24)20(27)23-13-10-16(11-14-23)21-19(26)15-6-4-3-5-7-15/h3-9,16H,2,10-14H2,1H3,(H,21,26). The van der Waals surface area contributed by atoms with Crippen LogP contribution in [-0.4, -0.2) is 45.6 Å². The number of hydrogen-bond acceptors (Lipinski definition) is 4. The second-order valence-corrected chi connectivity index (χ2v) is 6.69. The van der Waals surface area contributed by atoms with Crippen molar-refractivity contribution in [1.82, 2.24) is 20.0 Å². The average molecular weight is 368 g/mol. The number of nitrogens with one attached hydrogen (secondary N) is 1. The maximum absolute atomic E-state index is 12.7. The molecule has 1 aliphatic rings. The molecule has 0 spiro atoms. The van der Waals surface area contributed by atoms with Crippen LogP contribution in [0.3, 0.4) is 0 Å². The molecule has 1 saturated heterocycles. The van der Waals surface area contributed by atoms with Gasteiger partial charge in [0.15, 0.2) is 0 Å². The quantitative estimate of drug-likeness (QED) is 0.870. The number of benzene rings is 1. The van der Waals surface area contributed by atoms with Crippen molar-refractivity contribution >= 4 is 11.8 Å². The minimum Gasteiger partial charge on any atom is -0.349 e. The Hall–Kier alpha value is -2.96. The Bertz CT molecular complexity index is 855. The van der Waals surface area contributed by atoms with Crippen LogP contribution < -0.4 is 10.9 Å². The zero-order valence-corrected chi connectivity index (χ0v) is 15.4. The van der Waals surface area contributed by atoms with Crippen LogP contribution in [0.15, 0.2) is 47.3 Å². The molecule has 0 radical (unpaired) electrons. The van der Waals surface area contributed by atoms with Gasteiger partial charge in [-0.3, -0.25) is 14.4 Å². The summed E-state index contributed by atoms with van der Waals surface area (Å²) in [5.74, 6) is -0.263. The number of piperidine rings is 1. The summed E-state index contributed by atoms with van der Waals surface area (Å²) in [5, 5.41) is 7.22. The number of hydrogen-bond donors (Lipinski definition) is 1. The van der Waals surface area contributed by atoms with Crippen LogP contribution in [0.2, 0.25) is 0 Å². The van der Waals surface area contributed by atoms with E-state index in [-0.39, 0.29) is 29.1 Å². The lowest BCUT2D eigenvalue weighted by Gasteiger charge is -2.32. The normalized spacial score (nSPS) is 14.8. The van der Waals surface area contributed by atoms with E-state index in [9.17, 15) is 14.4 Å². The van der Waals surface area contributed by atoms with Gasteiger partial charge in [0, 0.05) is 37.3 Å². The molecule has 1 fully saturated rings. The summed E-state index contributed by atoms with van der Waals surface area (Å²) in [6.45, 7) is 3.55. The maximum atomic E-state index is 12.7. The summed E-state index contributed by atoms with van der Waals surface area (Å²) in [4.78, 5) is 38.4. The van der Waals surface area contributed by atoms with Gasteiger partial charge in [-0.25, -0.2) is 4.68 Å². The van der Waals surface area contributed by atoms with Crippen LogP contribution in [0.25, 0.3) is 0 Å². The van der Waals surface area contributed by atoms with Crippen LogP contribution >= 0.6 is 0 Å². The number of carbonyl (C=O) groups excluding carboxylic acids is 2. The number of aryl methyl sites for hydroxylation is 1. The summed E-state index contributed by atoms with van der Waals surface area (Å²) in [5.41, 5.74) is 0.726. The Morgan fingerprint density at radius 3 is 2.48 bits per heavy atom. The Morgan fingerprint density at radius 2 is 1.81 bits per heavy atom. The van der Waals surface area contributed by atoms with E-state index in [4.69, 9.17) is 0 Å². The molecule has 2 heterocycles. The van der Waals surface area contributed by atoms with Gasteiger partial charge in [0.25, 0.3) is 17.4 Å². The molecular formula is C20H24N4O3. The van der Waals surface area contributed by atoms with Gasteiger partial charge in [0.2, 0.25) is 0 Å². The molecule has 0 saturated carbocycles. The minimum absolute atomic E-state index is 0.0451. The van der Waals surface area contributed by atoms with Crippen LogP contribution in [0.1, 0.15) is 47.0 Å². The van der Waals surface area contributed by atoms with E-state index in [0.29, 0.717) is 38.0 Å². The second kappa shape index (κ2) is 8.62. The topological polar surface area (TPSA) is 84.3 Å². The van der Waals surface area contributed by atoms with E-state index in [1.54, 1.807) is 17.0 Å². The lowest BCUT2D eigenvalue weighted by molar-refractivity contribution is 0.0689. The van der Waals surface area contributed by atoms with Crippen molar-refractivity contribution in [3.8, 4) is 0 Å². The van der Waals surface area contributed by atoms with E-state index in [1.807, 2.05) is 25.1 Å². The molecule has 142 valence electrons. The molecule has 0 atom stereocenters. The summed E-state index contributed by atoms with van der Waals surface area (Å²) >= 11 is 0. The fraction of sp³-hybridized carbons (Fsp3) is 0.400. The van der Waals surface area contributed by atoms with Gasteiger partial charge in [-0.2, -0.15) is 5.10 Å². The number of likely N-dealkylation sites (tertiary alicyclic amines) is 1. The third kappa shape index (κ3) is 4.61. The SMILES string of the molecule is CCCn1nc(C(=O)N2CCC(NC(=O)c3ccccc3)CC2)ccc1=O. The Kier molecular flexibility index (Phi) is 6.01. The molecule has 7 heteroatoms. The van der Waals surface area contributed by atoms with Crippen molar-refractivity contribution in [2.45, 2.75) is 38.8 Å². The smallest absolute Gasteiger partial charge is 0.274 e. The highest BCUT2D eigenvalue weighted by atomic mass is 16.2. The van der Waals surface area contributed by atoms with E-state index < -0.39 is 0 Å². The molecule has 1 aromatic heterocycles. The third-order valence-corrected chi connectivity index (χ3v) is 4.67. The molecule has 0 bridgehead atoms. The highest BCUT2D eigenvalue weighted by Gasteiger charge is 2.25. The van der Waals surface area contributed by atoms with E-state index in [2.05, 4.69) is 10.4 Å². The Morgan fingerprint density at radius 1 is 1.11 bits per heavy atom. The van der Waals surface area contributed by atoms with E-state index >= 15 is 0 Å². The first-order valence-electron chi connectivity index (χ1n) is 9.32. The van der Waals surface area contributed by atoms with Crippen LogP contribution in [0.4, 0.5) is 0 Å². The zero-order chi connectivity index (χ0) is 19.2. The molecule has 1 aliphatic heterocycles. The second-order valence-electron chi connectivity index (χ2n) is 6.69. The third-order valence-electron chi connectivity index (χ3n) is 4.67. The van der Waals surface area contributed by atoms with Crippen molar-refractivity contribution in [3.63, 3.8) is 0 Å². The van der Waals surface area contributed by atoms with Gasteiger partial charge in [-0.1, -0.05) is 25.1 Å². The van der Waals surface area contributed by atoms with Gasteiger partial charge in [-0.15, -0.1) is 0 Å². The monoisotopic (exact) mass is 368 g/mol. The molecule has 1 N–H and O–H groups in total. The van der Waals surface area contributed by atoms with Gasteiger partial charge >= 0.3 is 0 Å². The molecule has 2 amide bonds. The summed E-state index contributed by atoms with van der Waals surface area (Å²) in [7, 11) is 0. The predicted molar refractivity (Wildman–Crippen MR) is 102 cm³/mol. The Labute approximate surface area is 158 Å². The first kappa shape index (κ1) is 18.8. The number of amides is 2.